The third kappa shape index (κ3) is 5.48. The minimum absolute atomic E-state index is 0.0166. The lowest BCUT2D eigenvalue weighted by atomic mass is 9.89. The summed E-state index contributed by atoms with van der Waals surface area (Å²) in [5, 5.41) is 2.60. The third-order valence-corrected chi connectivity index (χ3v) is 4.90. The highest BCUT2D eigenvalue weighted by atomic mass is 16.5. The summed E-state index contributed by atoms with van der Waals surface area (Å²) < 4.78 is 10.1. The number of ether oxygens (including phenoxy) is 2. The van der Waals surface area contributed by atoms with Crippen molar-refractivity contribution < 1.29 is 28.7 Å². The second-order valence-electron chi connectivity index (χ2n) is 7.20. The molecule has 0 saturated carbocycles. The van der Waals surface area contributed by atoms with Crippen molar-refractivity contribution >= 4 is 23.9 Å². The van der Waals surface area contributed by atoms with E-state index in [9.17, 15) is 19.2 Å². The topological polar surface area (TPSA) is 102 Å². The average molecular weight is 424 g/mol. The van der Waals surface area contributed by atoms with Crippen molar-refractivity contribution in [3.63, 3.8) is 0 Å². The van der Waals surface area contributed by atoms with Crippen molar-refractivity contribution in [2.45, 2.75) is 31.9 Å². The van der Waals surface area contributed by atoms with E-state index in [2.05, 4.69) is 5.32 Å². The van der Waals surface area contributed by atoms with Gasteiger partial charge in [-0.1, -0.05) is 60.7 Å². The van der Waals surface area contributed by atoms with Crippen LogP contribution in [-0.2, 0) is 36.9 Å². The fourth-order valence-corrected chi connectivity index (χ4v) is 3.48. The van der Waals surface area contributed by atoms with Crippen molar-refractivity contribution in [3.8, 4) is 0 Å². The lowest BCUT2D eigenvalue weighted by Gasteiger charge is -2.27. The van der Waals surface area contributed by atoms with Crippen LogP contribution >= 0.6 is 0 Å². The van der Waals surface area contributed by atoms with Gasteiger partial charge in [0.1, 0.15) is 18.7 Å². The minimum atomic E-state index is -1.54. The Morgan fingerprint density at radius 1 is 0.968 bits per heavy atom. The average Bonchev–Trinajstić information content (AvgIpc) is 2.98. The lowest BCUT2D eigenvalue weighted by Crippen LogP contribution is -2.56. The standard InChI is InChI=1S/C23H24N2O6/c1-2-30-20(27)15-25-19(26)14-23(21(25)28,13-17-9-5-3-6-10-17)24-22(29)31-16-18-11-7-4-8-12-18/h3-12H,2,13-16H2,1H3,(H,24,29)/t23-/m1/s1. The summed E-state index contributed by atoms with van der Waals surface area (Å²) in [7, 11) is 0. The second kappa shape index (κ2) is 9.88. The Kier molecular flexibility index (Phi) is 7.02. The number of hydrogen-bond donors (Lipinski definition) is 1. The van der Waals surface area contributed by atoms with Crippen LogP contribution in [0, 0.1) is 0 Å². The van der Waals surface area contributed by atoms with Crippen LogP contribution in [-0.4, -0.2) is 47.5 Å². The molecule has 1 N–H and O–H groups in total. The maximum atomic E-state index is 13.2. The summed E-state index contributed by atoms with van der Waals surface area (Å²) in [6.07, 6.45) is -1.02. The van der Waals surface area contributed by atoms with Crippen LogP contribution < -0.4 is 5.32 Å². The van der Waals surface area contributed by atoms with Gasteiger partial charge in [0.15, 0.2) is 0 Å². The molecule has 0 bridgehead atoms. The molecule has 8 heteroatoms. The number of esters is 1. The van der Waals surface area contributed by atoms with Gasteiger partial charge < -0.3 is 14.8 Å². The molecule has 1 aliphatic rings. The number of alkyl carbamates (subject to hydrolysis) is 1. The molecule has 0 radical (unpaired) electrons. The predicted octanol–water partition coefficient (Wildman–Crippen LogP) is 2.22. The Labute approximate surface area is 180 Å². The fraction of sp³-hybridized carbons (Fsp3) is 0.304. The Balaban J connectivity index is 1.78. The normalized spacial score (nSPS) is 18.0. The number of amides is 3. The molecule has 0 unspecified atom stereocenters. The monoisotopic (exact) mass is 424 g/mol. The van der Waals surface area contributed by atoms with Crippen LogP contribution in [0.1, 0.15) is 24.5 Å². The maximum absolute atomic E-state index is 13.2. The summed E-state index contributed by atoms with van der Waals surface area (Å²) in [4.78, 5) is 51.1. The molecule has 1 fully saturated rings. The van der Waals surface area contributed by atoms with Crippen LogP contribution in [0.5, 0.6) is 0 Å². The number of imide groups is 1. The van der Waals surface area contributed by atoms with Crippen molar-refractivity contribution in [2.24, 2.45) is 0 Å². The summed E-state index contributed by atoms with van der Waals surface area (Å²) in [5.74, 6) is -1.91. The van der Waals surface area contributed by atoms with E-state index >= 15 is 0 Å². The first-order valence-corrected chi connectivity index (χ1v) is 9.97. The molecular formula is C23H24N2O6. The second-order valence-corrected chi connectivity index (χ2v) is 7.20. The molecule has 2 aromatic rings. The molecule has 3 amide bonds. The zero-order valence-electron chi connectivity index (χ0n) is 17.2. The van der Waals surface area contributed by atoms with Crippen molar-refractivity contribution in [1.29, 1.82) is 0 Å². The predicted molar refractivity (Wildman–Crippen MR) is 111 cm³/mol. The van der Waals surface area contributed by atoms with Crippen molar-refractivity contribution in [3.05, 3.63) is 71.8 Å². The Hall–Kier alpha value is -3.68. The van der Waals surface area contributed by atoms with Crippen LogP contribution in [0.3, 0.4) is 0 Å². The molecule has 0 aromatic heterocycles. The van der Waals surface area contributed by atoms with Gasteiger partial charge >= 0.3 is 12.1 Å². The first kappa shape index (κ1) is 22.0. The summed E-state index contributed by atoms with van der Waals surface area (Å²) in [6, 6.07) is 18.1. The van der Waals surface area contributed by atoms with Gasteiger partial charge in [-0.25, -0.2) is 4.79 Å². The molecule has 162 valence electrons. The number of rotatable bonds is 8. The molecule has 0 spiro atoms. The highest BCUT2D eigenvalue weighted by Crippen LogP contribution is 2.29. The molecule has 1 aliphatic heterocycles. The molecule has 1 heterocycles. The van der Waals surface area contributed by atoms with Gasteiger partial charge in [0.25, 0.3) is 5.91 Å². The van der Waals surface area contributed by atoms with E-state index in [1.165, 1.54) is 0 Å². The molecule has 1 saturated heterocycles. The number of nitrogens with zero attached hydrogens (tertiary/aromatic N) is 1. The first-order chi connectivity index (χ1) is 14.9. The SMILES string of the molecule is CCOC(=O)CN1C(=O)C[C@@](Cc2ccccc2)(NC(=O)OCc2ccccc2)C1=O. The molecule has 2 aromatic carbocycles. The van der Waals surface area contributed by atoms with Crippen LogP contribution in [0.2, 0.25) is 0 Å². The zero-order valence-corrected chi connectivity index (χ0v) is 17.2. The Morgan fingerprint density at radius 2 is 1.58 bits per heavy atom. The summed E-state index contributed by atoms with van der Waals surface area (Å²) in [6.45, 7) is 1.29. The van der Waals surface area contributed by atoms with E-state index in [0.717, 1.165) is 16.0 Å². The van der Waals surface area contributed by atoms with Gasteiger partial charge in [0, 0.05) is 6.42 Å². The minimum Gasteiger partial charge on any atom is -0.465 e. The molecular weight excluding hydrogens is 400 g/mol. The highest BCUT2D eigenvalue weighted by molar-refractivity contribution is 6.11. The molecule has 31 heavy (non-hydrogen) atoms. The lowest BCUT2D eigenvalue weighted by molar-refractivity contribution is -0.152. The van der Waals surface area contributed by atoms with E-state index in [1.807, 2.05) is 24.3 Å². The molecule has 1 atom stereocenters. The maximum Gasteiger partial charge on any atom is 0.408 e. The highest BCUT2D eigenvalue weighted by Gasteiger charge is 2.53. The van der Waals surface area contributed by atoms with Gasteiger partial charge in [0.05, 0.1) is 13.0 Å². The van der Waals surface area contributed by atoms with Gasteiger partial charge in [-0.2, -0.15) is 0 Å². The summed E-state index contributed by atoms with van der Waals surface area (Å²) >= 11 is 0. The van der Waals surface area contributed by atoms with Crippen molar-refractivity contribution in [2.75, 3.05) is 13.2 Å². The van der Waals surface area contributed by atoms with E-state index in [0.29, 0.717) is 0 Å². The molecule has 8 nitrogen and oxygen atoms in total. The van der Waals surface area contributed by atoms with E-state index in [4.69, 9.17) is 9.47 Å². The quantitative estimate of drug-likeness (QED) is 0.515. The first-order valence-electron chi connectivity index (χ1n) is 9.97. The number of hydrogen-bond acceptors (Lipinski definition) is 6. The zero-order chi connectivity index (χ0) is 22.3. The van der Waals surface area contributed by atoms with Crippen LogP contribution in [0.25, 0.3) is 0 Å². The number of likely N-dealkylation sites (tertiary alicyclic amines) is 1. The van der Waals surface area contributed by atoms with Gasteiger partial charge in [-0.05, 0) is 18.1 Å². The molecule has 0 aliphatic carbocycles. The number of carbonyl (C=O) groups excluding carboxylic acids is 4. The number of carbonyl (C=O) groups is 4. The van der Waals surface area contributed by atoms with Crippen LogP contribution in [0.15, 0.2) is 60.7 Å². The Bertz CT molecular complexity index is 947. The van der Waals surface area contributed by atoms with E-state index < -0.39 is 36.0 Å². The van der Waals surface area contributed by atoms with E-state index in [1.54, 1.807) is 43.3 Å². The third-order valence-electron chi connectivity index (χ3n) is 4.90. The Morgan fingerprint density at radius 3 is 2.19 bits per heavy atom. The fourth-order valence-electron chi connectivity index (χ4n) is 3.48. The van der Waals surface area contributed by atoms with Gasteiger partial charge in [-0.3, -0.25) is 19.3 Å². The largest absolute Gasteiger partial charge is 0.465 e. The van der Waals surface area contributed by atoms with Crippen molar-refractivity contribution in [1.82, 2.24) is 10.2 Å². The van der Waals surface area contributed by atoms with Gasteiger partial charge in [0.2, 0.25) is 5.91 Å². The molecule has 3 rings (SSSR count). The van der Waals surface area contributed by atoms with Gasteiger partial charge in [-0.15, -0.1) is 0 Å². The number of nitrogens with one attached hydrogen (secondary N) is 1. The van der Waals surface area contributed by atoms with E-state index in [-0.39, 0.29) is 26.1 Å². The smallest absolute Gasteiger partial charge is 0.408 e. The van der Waals surface area contributed by atoms with Crippen LogP contribution in [0.4, 0.5) is 4.79 Å². The number of benzene rings is 2. The summed E-state index contributed by atoms with van der Waals surface area (Å²) in [5.41, 5.74) is -0.00359.